The molecule has 0 aliphatic heterocycles. The summed E-state index contributed by atoms with van der Waals surface area (Å²) in [4.78, 5) is 1.32. The van der Waals surface area contributed by atoms with Crippen LogP contribution in [0.5, 0.6) is 5.75 Å². The summed E-state index contributed by atoms with van der Waals surface area (Å²) in [6.07, 6.45) is 0.917. The smallest absolute Gasteiger partial charge is 0.123 e. The fraction of sp³-hybridized carbons (Fsp3) is 0.333. The fourth-order valence-electron chi connectivity index (χ4n) is 2.18. The number of benzene rings is 1. The maximum atomic E-state index is 6.14. The van der Waals surface area contributed by atoms with Crippen LogP contribution in [-0.4, -0.2) is 13.7 Å². The maximum Gasteiger partial charge on any atom is 0.123 e. The molecule has 1 aromatic carbocycles. The molecule has 108 valence electrons. The Hall–Kier alpha value is -0.550. The van der Waals surface area contributed by atoms with E-state index >= 15 is 0 Å². The van der Waals surface area contributed by atoms with Gasteiger partial charge < -0.3 is 10.1 Å². The normalized spacial score (nSPS) is 12.4. The molecule has 0 bridgehead atoms. The van der Waals surface area contributed by atoms with Crippen LogP contribution in [0.1, 0.15) is 23.4 Å². The molecule has 0 saturated carbocycles. The fourth-order valence-corrected chi connectivity index (χ4v) is 3.89. The van der Waals surface area contributed by atoms with E-state index in [9.17, 15) is 0 Å². The summed E-state index contributed by atoms with van der Waals surface area (Å²) in [6, 6.07) is 10.2. The highest BCUT2D eigenvalue weighted by molar-refractivity contribution is 9.11. The molecule has 0 aliphatic carbocycles. The SMILES string of the molecule is CCNC(Cc1ccc(Br)s1)c1cc(Cl)ccc1OC. The molecule has 1 N–H and O–H groups in total. The van der Waals surface area contributed by atoms with E-state index in [2.05, 4.69) is 40.3 Å². The van der Waals surface area contributed by atoms with E-state index in [0.717, 1.165) is 33.1 Å². The van der Waals surface area contributed by atoms with Gasteiger partial charge in [0.1, 0.15) is 5.75 Å². The van der Waals surface area contributed by atoms with Crippen molar-refractivity contribution in [1.82, 2.24) is 5.32 Å². The lowest BCUT2D eigenvalue weighted by Crippen LogP contribution is -2.23. The van der Waals surface area contributed by atoms with Gasteiger partial charge in [-0.3, -0.25) is 0 Å². The molecule has 5 heteroatoms. The molecular formula is C15H17BrClNOS. The molecule has 2 rings (SSSR count). The van der Waals surface area contributed by atoms with Crippen LogP contribution in [0, 0.1) is 0 Å². The first-order valence-corrected chi connectivity index (χ1v) is 8.43. The summed E-state index contributed by atoms with van der Waals surface area (Å²) in [7, 11) is 1.69. The molecule has 0 saturated heterocycles. The number of halogens is 2. The van der Waals surface area contributed by atoms with Crippen LogP contribution in [0.3, 0.4) is 0 Å². The summed E-state index contributed by atoms with van der Waals surface area (Å²) in [5.41, 5.74) is 1.10. The number of hydrogen-bond acceptors (Lipinski definition) is 3. The third-order valence-electron chi connectivity index (χ3n) is 3.05. The van der Waals surface area contributed by atoms with Crippen LogP contribution in [0.2, 0.25) is 5.02 Å². The van der Waals surface area contributed by atoms with Crippen LogP contribution in [0.15, 0.2) is 34.1 Å². The second kappa shape index (κ2) is 7.46. The first-order valence-electron chi connectivity index (χ1n) is 6.45. The Bertz CT molecular complexity index is 573. The molecule has 0 amide bonds. The molecule has 1 unspecified atom stereocenters. The predicted octanol–water partition coefficient (Wildman–Crippen LogP) is 5.07. The van der Waals surface area contributed by atoms with Crippen LogP contribution in [-0.2, 0) is 6.42 Å². The number of methoxy groups -OCH3 is 1. The van der Waals surface area contributed by atoms with Gasteiger partial charge in [0.15, 0.2) is 0 Å². The highest BCUT2D eigenvalue weighted by atomic mass is 79.9. The minimum Gasteiger partial charge on any atom is -0.496 e. The zero-order valence-corrected chi connectivity index (χ0v) is 14.6. The molecule has 2 nitrogen and oxygen atoms in total. The Morgan fingerprint density at radius 1 is 1.35 bits per heavy atom. The summed E-state index contributed by atoms with van der Waals surface area (Å²) in [5, 5.41) is 4.24. The summed E-state index contributed by atoms with van der Waals surface area (Å²) < 4.78 is 6.62. The monoisotopic (exact) mass is 373 g/mol. The van der Waals surface area contributed by atoms with E-state index in [1.165, 1.54) is 4.88 Å². The number of rotatable bonds is 6. The third kappa shape index (κ3) is 3.98. The Morgan fingerprint density at radius 3 is 2.75 bits per heavy atom. The average molecular weight is 375 g/mol. The number of likely N-dealkylation sites (N-methyl/N-ethyl adjacent to an activating group) is 1. The molecule has 1 atom stereocenters. The highest BCUT2D eigenvalue weighted by Gasteiger charge is 2.17. The largest absolute Gasteiger partial charge is 0.496 e. The minimum atomic E-state index is 0.194. The third-order valence-corrected chi connectivity index (χ3v) is 4.93. The first-order chi connectivity index (χ1) is 9.63. The van der Waals surface area contributed by atoms with Gasteiger partial charge in [-0.05, 0) is 52.8 Å². The van der Waals surface area contributed by atoms with Gasteiger partial charge in [-0.15, -0.1) is 11.3 Å². The lowest BCUT2D eigenvalue weighted by atomic mass is 10.0. The lowest BCUT2D eigenvalue weighted by Gasteiger charge is -2.20. The Morgan fingerprint density at radius 2 is 2.15 bits per heavy atom. The Balaban J connectivity index is 2.30. The molecule has 20 heavy (non-hydrogen) atoms. The van der Waals surface area contributed by atoms with E-state index in [0.29, 0.717) is 0 Å². The van der Waals surface area contributed by atoms with Gasteiger partial charge in [-0.2, -0.15) is 0 Å². The highest BCUT2D eigenvalue weighted by Crippen LogP contribution is 2.32. The van der Waals surface area contributed by atoms with Crippen LogP contribution < -0.4 is 10.1 Å². The van der Waals surface area contributed by atoms with E-state index in [1.807, 2.05) is 18.2 Å². The van der Waals surface area contributed by atoms with E-state index < -0.39 is 0 Å². The maximum absolute atomic E-state index is 6.14. The van der Waals surface area contributed by atoms with Crippen molar-refractivity contribution in [2.75, 3.05) is 13.7 Å². The van der Waals surface area contributed by atoms with Gasteiger partial charge in [-0.1, -0.05) is 18.5 Å². The molecule has 1 aromatic heterocycles. The van der Waals surface area contributed by atoms with Crippen LogP contribution in [0.25, 0.3) is 0 Å². The van der Waals surface area contributed by atoms with Crippen molar-refractivity contribution in [3.63, 3.8) is 0 Å². The summed E-state index contributed by atoms with van der Waals surface area (Å²) >= 11 is 11.4. The van der Waals surface area contributed by atoms with Gasteiger partial charge >= 0.3 is 0 Å². The molecular weight excluding hydrogens is 358 g/mol. The number of nitrogens with one attached hydrogen (secondary N) is 1. The molecule has 0 fully saturated rings. The van der Waals surface area contributed by atoms with Crippen LogP contribution >= 0.6 is 38.9 Å². The number of ether oxygens (including phenoxy) is 1. The van der Waals surface area contributed by atoms with Gasteiger partial charge in [0.25, 0.3) is 0 Å². The van der Waals surface area contributed by atoms with Crippen molar-refractivity contribution in [1.29, 1.82) is 0 Å². The van der Waals surface area contributed by atoms with E-state index in [1.54, 1.807) is 18.4 Å². The number of hydrogen-bond donors (Lipinski definition) is 1. The van der Waals surface area contributed by atoms with Gasteiger partial charge in [0.05, 0.1) is 10.9 Å². The first kappa shape index (κ1) is 15.8. The van der Waals surface area contributed by atoms with Crippen molar-refractivity contribution in [3.8, 4) is 5.75 Å². The zero-order valence-electron chi connectivity index (χ0n) is 11.5. The van der Waals surface area contributed by atoms with Crippen LogP contribution in [0.4, 0.5) is 0 Å². The van der Waals surface area contributed by atoms with Crippen molar-refractivity contribution in [2.45, 2.75) is 19.4 Å². The van der Waals surface area contributed by atoms with Gasteiger partial charge in [0.2, 0.25) is 0 Å². The van der Waals surface area contributed by atoms with E-state index in [4.69, 9.17) is 16.3 Å². The Kier molecular flexibility index (Phi) is 5.90. The van der Waals surface area contributed by atoms with Crippen molar-refractivity contribution in [3.05, 3.63) is 49.6 Å². The topological polar surface area (TPSA) is 21.3 Å². The quantitative estimate of drug-likeness (QED) is 0.762. The van der Waals surface area contributed by atoms with Gasteiger partial charge in [0, 0.05) is 27.9 Å². The van der Waals surface area contributed by atoms with Crippen molar-refractivity contribution >= 4 is 38.9 Å². The Labute approximate surface area is 137 Å². The molecule has 1 heterocycles. The summed E-state index contributed by atoms with van der Waals surface area (Å²) in [6.45, 7) is 3.00. The average Bonchev–Trinajstić information content (AvgIpc) is 2.84. The van der Waals surface area contributed by atoms with E-state index in [-0.39, 0.29) is 6.04 Å². The molecule has 0 aliphatic rings. The van der Waals surface area contributed by atoms with Gasteiger partial charge in [-0.25, -0.2) is 0 Å². The molecule has 0 radical (unpaired) electrons. The predicted molar refractivity (Wildman–Crippen MR) is 90.1 cm³/mol. The van der Waals surface area contributed by atoms with Crippen molar-refractivity contribution in [2.24, 2.45) is 0 Å². The standard InChI is InChI=1S/C15H17BrClNOS/c1-3-18-13(9-11-5-7-15(16)20-11)12-8-10(17)4-6-14(12)19-2/h4-8,13,18H,3,9H2,1-2H3. The minimum absolute atomic E-state index is 0.194. The zero-order chi connectivity index (χ0) is 14.5. The lowest BCUT2D eigenvalue weighted by molar-refractivity contribution is 0.399. The molecule has 0 spiro atoms. The second-order valence-electron chi connectivity index (χ2n) is 4.41. The number of thiophene rings is 1. The molecule has 2 aromatic rings. The second-order valence-corrected chi connectivity index (χ2v) is 7.39. The summed E-state index contributed by atoms with van der Waals surface area (Å²) in [5.74, 6) is 0.871. The van der Waals surface area contributed by atoms with Crippen molar-refractivity contribution < 1.29 is 4.74 Å².